The maximum absolute atomic E-state index is 13.8. The second kappa shape index (κ2) is 10.9. The summed E-state index contributed by atoms with van der Waals surface area (Å²) in [6, 6.07) is 19.0. The predicted molar refractivity (Wildman–Crippen MR) is 134 cm³/mol. The average Bonchev–Trinajstić information content (AvgIpc) is 2.72. The molecule has 1 N–H and O–H groups in total. The number of nitrogens with one attached hydrogen (secondary N) is 1. The molecule has 0 heterocycles. The van der Waals surface area contributed by atoms with E-state index < -0.39 is 5.91 Å². The van der Waals surface area contributed by atoms with Gasteiger partial charge in [-0.2, -0.15) is 5.26 Å². The van der Waals surface area contributed by atoms with Crippen LogP contribution in [0.5, 0.6) is 5.75 Å². The van der Waals surface area contributed by atoms with Gasteiger partial charge in [-0.15, -0.1) is 0 Å². The highest BCUT2D eigenvalue weighted by molar-refractivity contribution is 14.1. The third kappa shape index (κ3) is 6.38. The predicted octanol–water partition coefficient (Wildman–Crippen LogP) is 7.08. The van der Waals surface area contributed by atoms with Crippen LogP contribution in [0.3, 0.4) is 0 Å². The topological polar surface area (TPSA) is 62.1 Å². The van der Waals surface area contributed by atoms with Crippen molar-refractivity contribution in [3.63, 3.8) is 0 Å². The van der Waals surface area contributed by atoms with E-state index >= 15 is 0 Å². The fourth-order valence-corrected chi connectivity index (χ4v) is 4.81. The van der Waals surface area contributed by atoms with Crippen LogP contribution >= 0.6 is 54.5 Å². The van der Waals surface area contributed by atoms with Gasteiger partial charge in [0.05, 0.1) is 8.04 Å². The minimum atomic E-state index is -0.508. The van der Waals surface area contributed by atoms with E-state index in [4.69, 9.17) is 4.74 Å². The molecule has 0 unspecified atom stereocenters. The number of carbonyl (C=O) groups is 1. The minimum Gasteiger partial charge on any atom is -0.486 e. The Labute approximate surface area is 209 Å². The fraction of sp³-hybridized carbons (Fsp3) is 0.0435. The normalized spacial score (nSPS) is 11.0. The van der Waals surface area contributed by atoms with Gasteiger partial charge in [-0.3, -0.25) is 4.79 Å². The molecule has 3 aromatic rings. The first kappa shape index (κ1) is 23.4. The number of nitrogens with zero attached hydrogens (tertiary/aromatic N) is 1. The van der Waals surface area contributed by atoms with Crippen molar-refractivity contribution in [2.45, 2.75) is 6.61 Å². The van der Waals surface area contributed by atoms with E-state index in [1.165, 1.54) is 12.1 Å². The van der Waals surface area contributed by atoms with Crippen LogP contribution in [0.1, 0.15) is 11.1 Å². The van der Waals surface area contributed by atoms with E-state index in [9.17, 15) is 14.4 Å². The highest BCUT2D eigenvalue weighted by Crippen LogP contribution is 2.33. The summed E-state index contributed by atoms with van der Waals surface area (Å²) in [5.74, 6) is -0.284. The Morgan fingerprint density at radius 3 is 2.61 bits per heavy atom. The summed E-state index contributed by atoms with van der Waals surface area (Å²) in [7, 11) is 0. The molecule has 0 aromatic heterocycles. The number of hydrogen-bond acceptors (Lipinski definition) is 3. The van der Waals surface area contributed by atoms with Crippen LogP contribution in [0.15, 0.2) is 75.2 Å². The summed E-state index contributed by atoms with van der Waals surface area (Å²) in [5.41, 5.74) is 1.64. The Morgan fingerprint density at radius 2 is 1.94 bits per heavy atom. The minimum absolute atomic E-state index is 0.0392. The first-order valence-corrected chi connectivity index (χ1v) is 11.6. The lowest BCUT2D eigenvalue weighted by Gasteiger charge is -2.12. The summed E-state index contributed by atoms with van der Waals surface area (Å²) in [6.07, 6.45) is 1.50. The van der Waals surface area contributed by atoms with Crippen molar-refractivity contribution in [1.82, 2.24) is 0 Å². The number of benzene rings is 3. The van der Waals surface area contributed by atoms with E-state index in [2.05, 4.69) is 59.8 Å². The molecule has 0 atom stereocenters. The Balaban J connectivity index is 1.78. The number of ether oxygens (including phenoxy) is 1. The largest absolute Gasteiger partial charge is 0.486 e. The lowest BCUT2D eigenvalue weighted by atomic mass is 10.1. The zero-order valence-corrected chi connectivity index (χ0v) is 21.2. The van der Waals surface area contributed by atoms with Gasteiger partial charge in [0.2, 0.25) is 0 Å². The van der Waals surface area contributed by atoms with Crippen molar-refractivity contribution < 1.29 is 13.9 Å². The van der Waals surface area contributed by atoms with Crippen LogP contribution in [-0.4, -0.2) is 5.91 Å². The van der Waals surface area contributed by atoms with Crippen molar-refractivity contribution in [3.05, 3.63) is 95.7 Å². The van der Waals surface area contributed by atoms with Gasteiger partial charge in [0.15, 0.2) is 0 Å². The van der Waals surface area contributed by atoms with Crippen molar-refractivity contribution in [3.8, 4) is 11.8 Å². The van der Waals surface area contributed by atoms with Crippen molar-refractivity contribution in [1.29, 1.82) is 5.26 Å². The van der Waals surface area contributed by atoms with E-state index in [-0.39, 0.29) is 18.0 Å². The number of amides is 1. The first-order valence-electron chi connectivity index (χ1n) is 8.91. The van der Waals surface area contributed by atoms with Crippen LogP contribution in [0, 0.1) is 20.7 Å². The highest BCUT2D eigenvalue weighted by Gasteiger charge is 2.13. The molecular weight excluding hydrogens is 642 g/mol. The standard InChI is InChI=1S/C23H14Br2FIN2O2/c24-17-5-3-6-18(11-17)29-23(30)16(12-28)8-14-9-19(25)22(21(27)10-14)31-13-15-4-1-2-7-20(15)26/h1-11H,13H2,(H,29,30)/b16-8-. The quantitative estimate of drug-likeness (QED) is 0.175. The summed E-state index contributed by atoms with van der Waals surface area (Å²) in [4.78, 5) is 12.5. The van der Waals surface area contributed by atoms with Gasteiger partial charge in [-0.1, -0.05) is 40.2 Å². The smallest absolute Gasteiger partial charge is 0.266 e. The van der Waals surface area contributed by atoms with Crippen LogP contribution in [0.2, 0.25) is 0 Å². The molecule has 0 fully saturated rings. The Kier molecular flexibility index (Phi) is 8.23. The molecule has 1 amide bonds. The second-order valence-corrected chi connectivity index (χ2v) is 9.26. The van der Waals surface area contributed by atoms with Crippen LogP contribution < -0.4 is 10.1 Å². The molecule has 0 saturated heterocycles. The van der Waals surface area contributed by atoms with E-state index in [1.807, 2.05) is 12.1 Å². The van der Waals surface area contributed by atoms with Crippen LogP contribution in [0.25, 0.3) is 6.08 Å². The number of hydrogen-bond donors (Lipinski definition) is 1. The van der Waals surface area contributed by atoms with Gasteiger partial charge in [-0.05, 0) is 86.6 Å². The molecule has 0 aliphatic heterocycles. The molecule has 8 heteroatoms. The van der Waals surface area contributed by atoms with E-state index in [0.29, 0.717) is 27.0 Å². The van der Waals surface area contributed by atoms with E-state index in [0.717, 1.165) is 8.04 Å². The molecule has 0 saturated carbocycles. The van der Waals surface area contributed by atoms with Gasteiger partial charge in [-0.25, -0.2) is 4.39 Å². The molecule has 3 rings (SSSR count). The summed E-state index contributed by atoms with van der Waals surface area (Å²) in [5, 5.41) is 12.2. The van der Waals surface area contributed by atoms with Crippen LogP contribution in [-0.2, 0) is 11.4 Å². The molecular formula is C23H14Br2FIN2O2. The molecule has 0 aliphatic rings. The van der Waals surface area contributed by atoms with E-state index in [1.54, 1.807) is 48.5 Å². The zero-order chi connectivity index (χ0) is 22.4. The number of anilines is 1. The van der Waals surface area contributed by atoms with Crippen molar-refractivity contribution >= 4 is 72.1 Å². The molecule has 3 aromatic carbocycles. The Morgan fingerprint density at radius 1 is 1.16 bits per heavy atom. The van der Waals surface area contributed by atoms with Crippen molar-refractivity contribution in [2.75, 3.05) is 5.32 Å². The van der Waals surface area contributed by atoms with Crippen molar-refractivity contribution in [2.24, 2.45) is 0 Å². The van der Waals surface area contributed by atoms with Gasteiger partial charge >= 0.3 is 0 Å². The monoisotopic (exact) mass is 654 g/mol. The maximum Gasteiger partial charge on any atom is 0.266 e. The molecule has 31 heavy (non-hydrogen) atoms. The Hall–Kier alpha value is -2.22. The molecule has 156 valence electrons. The summed E-state index contributed by atoms with van der Waals surface area (Å²) >= 11 is 8.90. The lowest BCUT2D eigenvalue weighted by molar-refractivity contribution is -0.112. The Bertz CT molecular complexity index is 1190. The van der Waals surface area contributed by atoms with Crippen LogP contribution in [0.4, 0.5) is 10.1 Å². The lowest BCUT2D eigenvalue weighted by Crippen LogP contribution is -2.13. The summed E-state index contributed by atoms with van der Waals surface area (Å²) < 4.78 is 21.8. The highest BCUT2D eigenvalue weighted by atomic mass is 127. The molecule has 0 radical (unpaired) electrons. The third-order valence-electron chi connectivity index (χ3n) is 4.11. The maximum atomic E-state index is 13.8. The van der Waals surface area contributed by atoms with Gasteiger partial charge in [0, 0.05) is 15.7 Å². The molecule has 0 spiro atoms. The molecule has 0 bridgehead atoms. The van der Waals surface area contributed by atoms with Gasteiger partial charge in [0.1, 0.15) is 29.8 Å². The SMILES string of the molecule is N#C/C(=C/c1cc(Br)c(OCc2ccccc2F)c(I)c1)C(=O)Nc1cccc(Br)c1. The fourth-order valence-electron chi connectivity index (χ4n) is 2.65. The summed E-state index contributed by atoms with van der Waals surface area (Å²) in [6.45, 7) is 0.0783. The average molecular weight is 656 g/mol. The third-order valence-corrected chi connectivity index (χ3v) is 5.99. The van der Waals surface area contributed by atoms with Gasteiger partial charge in [0.25, 0.3) is 5.91 Å². The zero-order valence-electron chi connectivity index (χ0n) is 15.8. The number of nitriles is 1. The number of halogens is 4. The number of carbonyl (C=O) groups excluding carboxylic acids is 1. The molecule has 0 aliphatic carbocycles. The van der Waals surface area contributed by atoms with Gasteiger partial charge < -0.3 is 10.1 Å². The first-order chi connectivity index (χ1) is 14.9. The second-order valence-electron chi connectivity index (χ2n) is 6.33. The number of rotatable bonds is 6. The molecule has 4 nitrogen and oxygen atoms in total.